The molecule has 1 fully saturated rings. The van der Waals surface area contributed by atoms with Crippen molar-refractivity contribution in [2.24, 2.45) is 5.92 Å². The molecular formula is C15H22ClNO3. The Labute approximate surface area is 126 Å². The van der Waals surface area contributed by atoms with Crippen LogP contribution in [0.1, 0.15) is 29.6 Å². The molecule has 1 aliphatic rings. The van der Waals surface area contributed by atoms with Crippen LogP contribution in [0.3, 0.4) is 0 Å². The Morgan fingerprint density at radius 2 is 1.90 bits per heavy atom. The molecule has 0 bridgehead atoms. The van der Waals surface area contributed by atoms with Gasteiger partial charge in [-0.25, -0.2) is 4.79 Å². The van der Waals surface area contributed by atoms with Gasteiger partial charge >= 0.3 is 5.97 Å². The van der Waals surface area contributed by atoms with Gasteiger partial charge < -0.3 is 14.8 Å². The molecule has 0 unspecified atom stereocenters. The molecule has 20 heavy (non-hydrogen) atoms. The number of halogens is 1. The van der Waals surface area contributed by atoms with Crippen molar-refractivity contribution in [3.8, 4) is 5.75 Å². The molecule has 0 saturated carbocycles. The fourth-order valence-corrected chi connectivity index (χ4v) is 2.32. The first-order valence-electron chi connectivity index (χ1n) is 6.81. The first-order chi connectivity index (χ1) is 9.29. The van der Waals surface area contributed by atoms with Crippen LogP contribution in [0.15, 0.2) is 24.3 Å². The smallest absolute Gasteiger partial charge is 0.337 e. The number of ether oxygens (including phenoxy) is 2. The Kier molecular flexibility index (Phi) is 7.41. The molecule has 1 aliphatic heterocycles. The topological polar surface area (TPSA) is 47.6 Å². The highest BCUT2D eigenvalue weighted by atomic mass is 35.5. The third-order valence-corrected chi connectivity index (χ3v) is 3.53. The van der Waals surface area contributed by atoms with E-state index < -0.39 is 0 Å². The van der Waals surface area contributed by atoms with Crippen molar-refractivity contribution < 1.29 is 14.3 Å². The molecular weight excluding hydrogens is 278 g/mol. The lowest BCUT2D eigenvalue weighted by atomic mass is 9.95. The van der Waals surface area contributed by atoms with Gasteiger partial charge in [-0.1, -0.05) is 0 Å². The van der Waals surface area contributed by atoms with Crippen molar-refractivity contribution in [2.75, 3.05) is 26.8 Å². The number of piperidine rings is 1. The summed E-state index contributed by atoms with van der Waals surface area (Å²) in [6.45, 7) is 2.99. The molecule has 0 aliphatic carbocycles. The van der Waals surface area contributed by atoms with E-state index in [2.05, 4.69) is 10.1 Å². The summed E-state index contributed by atoms with van der Waals surface area (Å²) < 4.78 is 10.4. The van der Waals surface area contributed by atoms with E-state index >= 15 is 0 Å². The number of hydrogen-bond acceptors (Lipinski definition) is 4. The van der Waals surface area contributed by atoms with E-state index in [1.165, 1.54) is 20.0 Å². The van der Waals surface area contributed by atoms with E-state index in [4.69, 9.17) is 4.74 Å². The van der Waals surface area contributed by atoms with Crippen molar-refractivity contribution >= 4 is 18.4 Å². The standard InChI is InChI=1S/C15H21NO3.ClH/c1-18-15(17)13-2-4-14(5-3-13)19-11-8-12-6-9-16-10-7-12;/h2-5,12,16H,6-11H2,1H3;1H. The summed E-state index contributed by atoms with van der Waals surface area (Å²) in [7, 11) is 1.38. The van der Waals surface area contributed by atoms with Crippen molar-refractivity contribution in [1.82, 2.24) is 5.32 Å². The minimum Gasteiger partial charge on any atom is -0.494 e. The summed E-state index contributed by atoms with van der Waals surface area (Å²) in [5, 5.41) is 3.36. The fraction of sp³-hybridized carbons (Fsp3) is 0.533. The molecule has 1 N–H and O–H groups in total. The van der Waals surface area contributed by atoms with Crippen LogP contribution in [-0.2, 0) is 4.74 Å². The molecule has 1 saturated heterocycles. The predicted octanol–water partition coefficient (Wildman–Crippen LogP) is 2.66. The highest BCUT2D eigenvalue weighted by Gasteiger charge is 2.12. The minimum absolute atomic E-state index is 0. The number of nitrogens with one attached hydrogen (secondary N) is 1. The molecule has 5 heteroatoms. The van der Waals surface area contributed by atoms with E-state index in [1.807, 2.05) is 12.1 Å². The zero-order valence-corrected chi connectivity index (χ0v) is 12.6. The summed E-state index contributed by atoms with van der Waals surface area (Å²) >= 11 is 0. The number of benzene rings is 1. The minimum atomic E-state index is -0.318. The van der Waals surface area contributed by atoms with Gasteiger partial charge in [-0.05, 0) is 62.5 Å². The van der Waals surface area contributed by atoms with Crippen LogP contribution < -0.4 is 10.1 Å². The largest absolute Gasteiger partial charge is 0.494 e. The van der Waals surface area contributed by atoms with E-state index in [0.717, 1.165) is 37.8 Å². The van der Waals surface area contributed by atoms with Crippen molar-refractivity contribution in [3.05, 3.63) is 29.8 Å². The lowest BCUT2D eigenvalue weighted by Gasteiger charge is -2.22. The lowest BCUT2D eigenvalue weighted by molar-refractivity contribution is 0.0600. The first kappa shape index (κ1) is 16.8. The van der Waals surface area contributed by atoms with Gasteiger partial charge in [-0.3, -0.25) is 0 Å². The van der Waals surface area contributed by atoms with Crippen LogP contribution in [-0.4, -0.2) is 32.8 Å². The second kappa shape index (κ2) is 8.82. The molecule has 1 aromatic carbocycles. The fourth-order valence-electron chi connectivity index (χ4n) is 2.32. The number of esters is 1. The van der Waals surface area contributed by atoms with Crippen LogP contribution in [0.5, 0.6) is 5.75 Å². The first-order valence-corrected chi connectivity index (χ1v) is 6.81. The van der Waals surface area contributed by atoms with Gasteiger partial charge in [0.15, 0.2) is 0 Å². The highest BCUT2D eigenvalue weighted by molar-refractivity contribution is 5.89. The van der Waals surface area contributed by atoms with Gasteiger partial charge in [-0.2, -0.15) is 0 Å². The van der Waals surface area contributed by atoms with Gasteiger partial charge in [0, 0.05) is 0 Å². The van der Waals surface area contributed by atoms with Gasteiger partial charge in [0.1, 0.15) is 5.75 Å². The average molecular weight is 300 g/mol. The Bertz CT molecular complexity index is 402. The summed E-state index contributed by atoms with van der Waals surface area (Å²) in [5.74, 6) is 1.26. The monoisotopic (exact) mass is 299 g/mol. The molecule has 0 amide bonds. The Balaban J connectivity index is 0.00000200. The lowest BCUT2D eigenvalue weighted by Crippen LogP contribution is -2.28. The Morgan fingerprint density at radius 3 is 2.50 bits per heavy atom. The number of rotatable bonds is 5. The van der Waals surface area contributed by atoms with Crippen molar-refractivity contribution in [3.63, 3.8) is 0 Å². The molecule has 0 atom stereocenters. The van der Waals surface area contributed by atoms with E-state index in [9.17, 15) is 4.79 Å². The Hall–Kier alpha value is -1.26. The maximum atomic E-state index is 11.3. The van der Waals surface area contributed by atoms with E-state index in [-0.39, 0.29) is 18.4 Å². The molecule has 0 spiro atoms. The average Bonchev–Trinajstić information content (AvgIpc) is 2.48. The summed E-state index contributed by atoms with van der Waals surface area (Å²) in [5.41, 5.74) is 0.549. The molecule has 1 aromatic rings. The third-order valence-electron chi connectivity index (χ3n) is 3.53. The molecule has 1 heterocycles. The van der Waals surface area contributed by atoms with Crippen LogP contribution in [0.25, 0.3) is 0 Å². The SMILES string of the molecule is COC(=O)c1ccc(OCCC2CCNCC2)cc1.Cl. The predicted molar refractivity (Wildman–Crippen MR) is 80.7 cm³/mol. The number of carbonyl (C=O) groups is 1. The quantitative estimate of drug-likeness (QED) is 0.849. The highest BCUT2D eigenvalue weighted by Crippen LogP contribution is 2.18. The molecule has 2 rings (SSSR count). The summed E-state index contributed by atoms with van der Waals surface area (Å²) in [6, 6.07) is 7.08. The van der Waals surface area contributed by atoms with Gasteiger partial charge in [0.25, 0.3) is 0 Å². The Morgan fingerprint density at radius 1 is 1.25 bits per heavy atom. The van der Waals surface area contributed by atoms with Crippen molar-refractivity contribution in [2.45, 2.75) is 19.3 Å². The number of methoxy groups -OCH3 is 1. The molecule has 4 nitrogen and oxygen atoms in total. The second-order valence-corrected chi connectivity index (χ2v) is 4.85. The van der Waals surface area contributed by atoms with Gasteiger partial charge in [0.05, 0.1) is 19.3 Å². The van der Waals surface area contributed by atoms with Crippen LogP contribution in [0.2, 0.25) is 0 Å². The van der Waals surface area contributed by atoms with E-state index in [0.29, 0.717) is 5.56 Å². The number of carbonyl (C=O) groups excluding carboxylic acids is 1. The maximum Gasteiger partial charge on any atom is 0.337 e. The summed E-state index contributed by atoms with van der Waals surface area (Å²) in [4.78, 5) is 11.3. The third kappa shape index (κ3) is 5.02. The molecule has 112 valence electrons. The number of hydrogen-bond donors (Lipinski definition) is 1. The molecule has 0 radical (unpaired) electrons. The second-order valence-electron chi connectivity index (χ2n) is 4.85. The van der Waals surface area contributed by atoms with E-state index in [1.54, 1.807) is 12.1 Å². The molecule has 0 aromatic heterocycles. The van der Waals surface area contributed by atoms with Gasteiger partial charge in [0.2, 0.25) is 0 Å². The zero-order chi connectivity index (χ0) is 13.5. The van der Waals surface area contributed by atoms with Crippen LogP contribution >= 0.6 is 12.4 Å². The normalized spacial score (nSPS) is 15.2. The summed E-state index contributed by atoms with van der Waals surface area (Å²) in [6.07, 6.45) is 3.58. The van der Waals surface area contributed by atoms with Crippen LogP contribution in [0.4, 0.5) is 0 Å². The van der Waals surface area contributed by atoms with Gasteiger partial charge in [-0.15, -0.1) is 12.4 Å². The van der Waals surface area contributed by atoms with Crippen LogP contribution in [0, 0.1) is 5.92 Å². The maximum absolute atomic E-state index is 11.3. The van der Waals surface area contributed by atoms with Crippen molar-refractivity contribution in [1.29, 1.82) is 0 Å². The zero-order valence-electron chi connectivity index (χ0n) is 11.8.